The molecule has 0 saturated carbocycles. The summed E-state index contributed by atoms with van der Waals surface area (Å²) in [5.74, 6) is -0.352. The van der Waals surface area contributed by atoms with E-state index in [1.807, 2.05) is 6.92 Å². The van der Waals surface area contributed by atoms with E-state index in [1.165, 1.54) is 31.4 Å². The molecule has 6 nitrogen and oxygen atoms in total. The van der Waals surface area contributed by atoms with E-state index in [9.17, 15) is 13.2 Å². The number of sulfonamides is 1. The molecule has 140 valence electrons. The summed E-state index contributed by atoms with van der Waals surface area (Å²) in [7, 11) is -2.17. The second kappa shape index (κ2) is 8.64. The Bertz CT molecular complexity index is 883. The van der Waals surface area contributed by atoms with Crippen molar-refractivity contribution in [1.29, 1.82) is 0 Å². The molecule has 0 saturated heterocycles. The molecule has 0 aliphatic heterocycles. The summed E-state index contributed by atoms with van der Waals surface area (Å²) in [6, 6.07) is 10.5. The number of carbonyl (C=O) groups excluding carboxylic acids is 1. The van der Waals surface area contributed by atoms with Crippen LogP contribution in [0.15, 0.2) is 47.4 Å². The van der Waals surface area contributed by atoms with Gasteiger partial charge in [0, 0.05) is 29.4 Å². The Morgan fingerprint density at radius 1 is 1.19 bits per heavy atom. The quantitative estimate of drug-likeness (QED) is 0.752. The highest BCUT2D eigenvalue weighted by atomic mass is 35.5. The minimum absolute atomic E-state index is 0.0791. The van der Waals surface area contributed by atoms with E-state index in [4.69, 9.17) is 16.3 Å². The zero-order chi connectivity index (χ0) is 19.3. The van der Waals surface area contributed by atoms with Crippen molar-refractivity contribution in [2.75, 3.05) is 19.0 Å². The fourth-order valence-electron chi connectivity index (χ4n) is 2.28. The second-order valence-electron chi connectivity index (χ2n) is 5.92. The topological polar surface area (TPSA) is 84.5 Å². The van der Waals surface area contributed by atoms with Gasteiger partial charge in [0.1, 0.15) is 0 Å². The molecule has 0 aliphatic rings. The van der Waals surface area contributed by atoms with Crippen LogP contribution in [-0.2, 0) is 14.8 Å². The smallest absolute Gasteiger partial charge is 0.255 e. The molecule has 26 heavy (non-hydrogen) atoms. The summed E-state index contributed by atoms with van der Waals surface area (Å²) in [5, 5.41) is 3.28. The zero-order valence-electron chi connectivity index (χ0n) is 14.7. The maximum atomic E-state index is 12.3. The Labute approximate surface area is 158 Å². The first-order chi connectivity index (χ1) is 12.2. The van der Waals surface area contributed by atoms with E-state index in [-0.39, 0.29) is 23.5 Å². The van der Waals surface area contributed by atoms with Crippen LogP contribution in [-0.4, -0.2) is 34.1 Å². The lowest BCUT2D eigenvalue weighted by Gasteiger charge is -2.13. The van der Waals surface area contributed by atoms with E-state index >= 15 is 0 Å². The van der Waals surface area contributed by atoms with E-state index < -0.39 is 10.0 Å². The molecule has 1 amide bonds. The number of anilines is 1. The van der Waals surface area contributed by atoms with Gasteiger partial charge in [-0.1, -0.05) is 17.7 Å². The molecule has 0 aliphatic carbocycles. The van der Waals surface area contributed by atoms with Gasteiger partial charge in [-0.3, -0.25) is 4.79 Å². The Morgan fingerprint density at radius 3 is 2.42 bits per heavy atom. The second-order valence-corrected chi connectivity index (χ2v) is 8.04. The maximum Gasteiger partial charge on any atom is 0.255 e. The van der Waals surface area contributed by atoms with Gasteiger partial charge in [-0.25, -0.2) is 13.1 Å². The maximum absolute atomic E-state index is 12.3. The molecule has 0 radical (unpaired) electrons. The molecule has 2 aromatic rings. The number of ether oxygens (including phenoxy) is 1. The number of aryl methyl sites for hydroxylation is 1. The van der Waals surface area contributed by atoms with Crippen LogP contribution in [0.3, 0.4) is 0 Å². The van der Waals surface area contributed by atoms with Gasteiger partial charge in [-0.05, 0) is 55.8 Å². The number of carbonyl (C=O) groups is 1. The molecule has 2 aromatic carbocycles. The Balaban J connectivity index is 2.10. The number of rotatable bonds is 7. The molecule has 0 fully saturated rings. The Morgan fingerprint density at radius 2 is 1.85 bits per heavy atom. The largest absolute Gasteiger partial charge is 0.383 e. The molecular formula is C18H21ClN2O4S. The standard InChI is InChI=1S/C18H21ClN2O4S/c1-12-4-7-15(10-17(12)19)20-18(22)14-5-8-16(9-6-14)26(23,24)21-13(2)11-25-3/h4-10,13,21H,11H2,1-3H3,(H,20,22)/t13-/m0/s1. The van der Waals surface area contributed by atoms with Crippen LogP contribution in [0.25, 0.3) is 0 Å². The molecule has 0 bridgehead atoms. The van der Waals surface area contributed by atoms with Crippen molar-refractivity contribution in [1.82, 2.24) is 4.72 Å². The predicted molar refractivity (Wildman–Crippen MR) is 102 cm³/mol. The van der Waals surface area contributed by atoms with Crippen molar-refractivity contribution in [3.05, 3.63) is 58.6 Å². The minimum Gasteiger partial charge on any atom is -0.383 e. The third-order valence-corrected chi connectivity index (χ3v) is 5.64. The van der Waals surface area contributed by atoms with Crippen molar-refractivity contribution in [2.24, 2.45) is 0 Å². The fraction of sp³-hybridized carbons (Fsp3) is 0.278. The van der Waals surface area contributed by atoms with Crippen LogP contribution in [0.2, 0.25) is 5.02 Å². The van der Waals surface area contributed by atoms with Gasteiger partial charge in [0.2, 0.25) is 10.0 Å². The number of nitrogens with one attached hydrogen (secondary N) is 2. The Hall–Kier alpha value is -1.93. The SMILES string of the molecule is COC[C@H](C)NS(=O)(=O)c1ccc(C(=O)Nc2ccc(C)c(Cl)c2)cc1. The van der Waals surface area contributed by atoms with Crippen LogP contribution in [0.1, 0.15) is 22.8 Å². The molecule has 0 heterocycles. The lowest BCUT2D eigenvalue weighted by atomic mass is 10.2. The molecule has 8 heteroatoms. The number of hydrogen-bond acceptors (Lipinski definition) is 4. The number of methoxy groups -OCH3 is 1. The van der Waals surface area contributed by atoms with Crippen molar-refractivity contribution in [2.45, 2.75) is 24.8 Å². The summed E-state index contributed by atoms with van der Waals surface area (Å²) in [6.07, 6.45) is 0. The predicted octanol–water partition coefficient (Wildman–Crippen LogP) is 3.21. The molecule has 0 unspecified atom stereocenters. The molecule has 2 N–H and O–H groups in total. The highest BCUT2D eigenvalue weighted by molar-refractivity contribution is 7.89. The van der Waals surface area contributed by atoms with Gasteiger partial charge >= 0.3 is 0 Å². The summed E-state index contributed by atoms with van der Waals surface area (Å²) in [4.78, 5) is 12.4. The minimum atomic E-state index is -3.67. The monoisotopic (exact) mass is 396 g/mol. The highest BCUT2D eigenvalue weighted by Gasteiger charge is 2.18. The molecular weight excluding hydrogens is 376 g/mol. The highest BCUT2D eigenvalue weighted by Crippen LogP contribution is 2.20. The van der Waals surface area contributed by atoms with E-state index in [1.54, 1.807) is 25.1 Å². The van der Waals surface area contributed by atoms with Gasteiger partial charge in [0.25, 0.3) is 5.91 Å². The third kappa shape index (κ3) is 5.28. The third-order valence-electron chi connectivity index (χ3n) is 3.63. The van der Waals surface area contributed by atoms with Gasteiger partial charge in [-0.15, -0.1) is 0 Å². The summed E-state index contributed by atoms with van der Waals surface area (Å²) in [6.45, 7) is 3.84. The molecule has 0 aromatic heterocycles. The van der Waals surface area contributed by atoms with Crippen LogP contribution >= 0.6 is 11.6 Å². The average Bonchev–Trinajstić information content (AvgIpc) is 2.58. The van der Waals surface area contributed by atoms with E-state index in [2.05, 4.69) is 10.0 Å². The van der Waals surface area contributed by atoms with Gasteiger partial charge in [0.05, 0.1) is 11.5 Å². The van der Waals surface area contributed by atoms with Crippen molar-refractivity contribution >= 4 is 33.2 Å². The first-order valence-corrected chi connectivity index (χ1v) is 9.78. The number of benzene rings is 2. The lowest BCUT2D eigenvalue weighted by molar-refractivity contribution is 0.102. The lowest BCUT2D eigenvalue weighted by Crippen LogP contribution is -2.35. The van der Waals surface area contributed by atoms with Crippen LogP contribution < -0.4 is 10.0 Å². The fourth-order valence-corrected chi connectivity index (χ4v) is 3.69. The van der Waals surface area contributed by atoms with E-state index in [0.29, 0.717) is 16.3 Å². The zero-order valence-corrected chi connectivity index (χ0v) is 16.3. The summed E-state index contributed by atoms with van der Waals surface area (Å²) < 4.78 is 32.0. The molecule has 0 spiro atoms. The summed E-state index contributed by atoms with van der Waals surface area (Å²) in [5.41, 5.74) is 1.82. The van der Waals surface area contributed by atoms with Crippen LogP contribution in [0.4, 0.5) is 5.69 Å². The van der Waals surface area contributed by atoms with Crippen molar-refractivity contribution in [3.63, 3.8) is 0 Å². The normalized spacial score (nSPS) is 12.6. The Kier molecular flexibility index (Phi) is 6.77. The van der Waals surface area contributed by atoms with Crippen LogP contribution in [0.5, 0.6) is 0 Å². The van der Waals surface area contributed by atoms with Crippen LogP contribution in [0, 0.1) is 6.92 Å². The van der Waals surface area contributed by atoms with Gasteiger partial charge in [-0.2, -0.15) is 0 Å². The molecule has 1 atom stereocenters. The van der Waals surface area contributed by atoms with E-state index in [0.717, 1.165) is 5.56 Å². The van der Waals surface area contributed by atoms with Gasteiger partial charge < -0.3 is 10.1 Å². The first-order valence-electron chi connectivity index (χ1n) is 7.92. The van der Waals surface area contributed by atoms with Crippen molar-refractivity contribution < 1.29 is 17.9 Å². The number of hydrogen-bond donors (Lipinski definition) is 2. The summed E-state index contributed by atoms with van der Waals surface area (Å²) >= 11 is 6.04. The molecule has 2 rings (SSSR count). The van der Waals surface area contributed by atoms with Crippen molar-refractivity contribution in [3.8, 4) is 0 Å². The first kappa shape index (κ1) is 20.4. The number of halogens is 1. The average molecular weight is 397 g/mol. The number of amides is 1. The van der Waals surface area contributed by atoms with Gasteiger partial charge in [0.15, 0.2) is 0 Å².